The average molecular weight is 242 g/mol. The van der Waals surface area contributed by atoms with Crippen LogP contribution in [0.5, 0.6) is 0 Å². The predicted molar refractivity (Wildman–Crippen MR) is 73.4 cm³/mol. The Labute approximate surface area is 107 Å². The van der Waals surface area contributed by atoms with E-state index in [1.54, 1.807) is 0 Å². The molecule has 0 radical (unpaired) electrons. The smallest absolute Gasteiger partial charge is 0.0489 e. The maximum absolute atomic E-state index is 5.63. The molecule has 17 heavy (non-hydrogen) atoms. The fourth-order valence-electron chi connectivity index (χ4n) is 2.26. The second kappa shape index (κ2) is 8.90. The summed E-state index contributed by atoms with van der Waals surface area (Å²) in [6, 6.07) is 0.689. The fraction of sp³-hybridized carbons (Fsp3) is 1.00. The van der Waals surface area contributed by atoms with E-state index in [-0.39, 0.29) is 0 Å². The Morgan fingerprint density at radius 1 is 1.41 bits per heavy atom. The van der Waals surface area contributed by atoms with Gasteiger partial charge in [0.1, 0.15) is 0 Å². The Morgan fingerprint density at radius 2 is 2.24 bits per heavy atom. The third-order valence-electron chi connectivity index (χ3n) is 3.27. The third-order valence-corrected chi connectivity index (χ3v) is 3.27. The molecule has 3 heteroatoms. The highest BCUT2D eigenvalue weighted by Gasteiger charge is 2.15. The van der Waals surface area contributed by atoms with Gasteiger partial charge >= 0.3 is 0 Å². The minimum absolute atomic E-state index is 0.654. The summed E-state index contributed by atoms with van der Waals surface area (Å²) in [7, 11) is 0. The molecule has 102 valence electrons. The van der Waals surface area contributed by atoms with Crippen molar-refractivity contribution in [1.29, 1.82) is 0 Å². The first-order valence-corrected chi connectivity index (χ1v) is 7.25. The van der Waals surface area contributed by atoms with Crippen LogP contribution in [0.1, 0.15) is 40.0 Å². The molecule has 0 saturated carbocycles. The largest absolute Gasteiger partial charge is 0.381 e. The first-order chi connectivity index (χ1) is 8.22. The standard InChI is InChI=1S/C14H30N2O/c1-4-14-11-16(8-5-7-15-14)9-6-10-17-12-13(2)3/h13-15H,4-12H2,1-3H3. The van der Waals surface area contributed by atoms with Crippen LogP contribution < -0.4 is 5.32 Å². The SMILES string of the molecule is CCC1CN(CCCOCC(C)C)CCCN1. The summed E-state index contributed by atoms with van der Waals surface area (Å²) in [5.41, 5.74) is 0. The number of rotatable bonds is 7. The lowest BCUT2D eigenvalue weighted by Gasteiger charge is -2.23. The zero-order chi connectivity index (χ0) is 12.5. The molecule has 0 aromatic heterocycles. The summed E-state index contributed by atoms with van der Waals surface area (Å²) in [6.45, 7) is 13.3. The van der Waals surface area contributed by atoms with Gasteiger partial charge in [-0.15, -0.1) is 0 Å². The number of nitrogens with one attached hydrogen (secondary N) is 1. The molecular weight excluding hydrogens is 212 g/mol. The van der Waals surface area contributed by atoms with Crippen molar-refractivity contribution in [2.45, 2.75) is 46.1 Å². The normalized spacial score (nSPS) is 22.9. The van der Waals surface area contributed by atoms with Gasteiger partial charge in [0.15, 0.2) is 0 Å². The van der Waals surface area contributed by atoms with E-state index >= 15 is 0 Å². The first kappa shape index (κ1) is 14.9. The molecule has 1 N–H and O–H groups in total. The molecule has 1 unspecified atom stereocenters. The van der Waals surface area contributed by atoms with E-state index in [4.69, 9.17) is 4.74 Å². The zero-order valence-corrected chi connectivity index (χ0v) is 11.9. The molecule has 3 nitrogen and oxygen atoms in total. The molecule has 0 aromatic rings. The van der Waals surface area contributed by atoms with Crippen LogP contribution >= 0.6 is 0 Å². The molecule has 0 aliphatic carbocycles. The van der Waals surface area contributed by atoms with E-state index < -0.39 is 0 Å². The van der Waals surface area contributed by atoms with E-state index in [1.807, 2.05) is 0 Å². The molecular formula is C14H30N2O. The van der Waals surface area contributed by atoms with Gasteiger partial charge in [-0.25, -0.2) is 0 Å². The van der Waals surface area contributed by atoms with Crippen LogP contribution in [-0.4, -0.2) is 50.3 Å². The predicted octanol–water partition coefficient (Wildman–Crippen LogP) is 2.12. The number of hydrogen-bond donors (Lipinski definition) is 1. The van der Waals surface area contributed by atoms with Crippen molar-refractivity contribution in [2.24, 2.45) is 5.92 Å². The molecule has 1 heterocycles. The van der Waals surface area contributed by atoms with E-state index in [0.29, 0.717) is 12.0 Å². The highest BCUT2D eigenvalue weighted by atomic mass is 16.5. The van der Waals surface area contributed by atoms with Gasteiger partial charge in [-0.05, 0) is 38.3 Å². The molecule has 0 aromatic carbocycles. The van der Waals surface area contributed by atoms with Gasteiger partial charge in [0.05, 0.1) is 0 Å². The lowest BCUT2D eigenvalue weighted by atomic mass is 10.2. The summed E-state index contributed by atoms with van der Waals surface area (Å²) < 4.78 is 5.63. The Bertz CT molecular complexity index is 185. The molecule has 0 spiro atoms. The molecule has 1 aliphatic rings. The van der Waals surface area contributed by atoms with Crippen LogP contribution in [0, 0.1) is 5.92 Å². The van der Waals surface area contributed by atoms with Gasteiger partial charge in [-0.2, -0.15) is 0 Å². The molecule has 1 saturated heterocycles. The molecule has 1 aliphatic heterocycles. The van der Waals surface area contributed by atoms with Crippen molar-refractivity contribution < 1.29 is 4.74 Å². The third kappa shape index (κ3) is 7.02. The van der Waals surface area contributed by atoms with Crippen molar-refractivity contribution in [1.82, 2.24) is 10.2 Å². The Balaban J connectivity index is 2.08. The van der Waals surface area contributed by atoms with Gasteiger partial charge in [0.2, 0.25) is 0 Å². The maximum Gasteiger partial charge on any atom is 0.0489 e. The Hall–Kier alpha value is -0.120. The summed E-state index contributed by atoms with van der Waals surface area (Å²) >= 11 is 0. The van der Waals surface area contributed by atoms with Crippen LogP contribution in [0.4, 0.5) is 0 Å². The van der Waals surface area contributed by atoms with E-state index in [0.717, 1.165) is 13.2 Å². The lowest BCUT2D eigenvalue weighted by Crippen LogP contribution is -2.37. The van der Waals surface area contributed by atoms with Crippen LogP contribution in [0.2, 0.25) is 0 Å². The molecule has 1 atom stereocenters. The van der Waals surface area contributed by atoms with Crippen molar-refractivity contribution >= 4 is 0 Å². The highest BCUT2D eigenvalue weighted by Crippen LogP contribution is 2.04. The lowest BCUT2D eigenvalue weighted by molar-refractivity contribution is 0.0989. The zero-order valence-electron chi connectivity index (χ0n) is 11.9. The summed E-state index contributed by atoms with van der Waals surface area (Å²) in [6.07, 6.45) is 3.69. The second-order valence-electron chi connectivity index (χ2n) is 5.54. The van der Waals surface area contributed by atoms with Crippen molar-refractivity contribution in [3.05, 3.63) is 0 Å². The van der Waals surface area contributed by atoms with E-state index in [1.165, 1.54) is 45.4 Å². The second-order valence-corrected chi connectivity index (χ2v) is 5.54. The number of ether oxygens (including phenoxy) is 1. The van der Waals surface area contributed by atoms with Gasteiger partial charge < -0.3 is 15.0 Å². The monoisotopic (exact) mass is 242 g/mol. The van der Waals surface area contributed by atoms with Crippen LogP contribution in [0.3, 0.4) is 0 Å². The van der Waals surface area contributed by atoms with Gasteiger partial charge in [-0.3, -0.25) is 0 Å². The first-order valence-electron chi connectivity index (χ1n) is 7.25. The minimum Gasteiger partial charge on any atom is -0.381 e. The highest BCUT2D eigenvalue weighted by molar-refractivity contribution is 4.75. The summed E-state index contributed by atoms with van der Waals surface area (Å²) in [4.78, 5) is 2.59. The Kier molecular flexibility index (Phi) is 7.82. The van der Waals surface area contributed by atoms with Crippen LogP contribution in [0.15, 0.2) is 0 Å². The van der Waals surface area contributed by atoms with Crippen LogP contribution in [-0.2, 0) is 4.74 Å². The summed E-state index contributed by atoms with van der Waals surface area (Å²) in [5, 5.41) is 3.60. The topological polar surface area (TPSA) is 24.5 Å². The average Bonchev–Trinajstić information content (AvgIpc) is 2.53. The summed E-state index contributed by atoms with van der Waals surface area (Å²) in [5.74, 6) is 0.654. The molecule has 0 bridgehead atoms. The van der Waals surface area contributed by atoms with Crippen molar-refractivity contribution in [2.75, 3.05) is 39.4 Å². The van der Waals surface area contributed by atoms with Gasteiger partial charge in [0.25, 0.3) is 0 Å². The molecule has 1 rings (SSSR count). The Morgan fingerprint density at radius 3 is 2.94 bits per heavy atom. The van der Waals surface area contributed by atoms with E-state index in [9.17, 15) is 0 Å². The number of hydrogen-bond acceptors (Lipinski definition) is 3. The fourth-order valence-corrected chi connectivity index (χ4v) is 2.26. The van der Waals surface area contributed by atoms with Gasteiger partial charge in [0, 0.05) is 32.3 Å². The molecule has 1 fully saturated rings. The number of nitrogens with zero attached hydrogens (tertiary/aromatic N) is 1. The molecule has 0 amide bonds. The maximum atomic E-state index is 5.63. The van der Waals surface area contributed by atoms with Crippen molar-refractivity contribution in [3.8, 4) is 0 Å². The minimum atomic E-state index is 0.654. The van der Waals surface area contributed by atoms with Gasteiger partial charge in [-0.1, -0.05) is 20.8 Å². The van der Waals surface area contributed by atoms with E-state index in [2.05, 4.69) is 31.0 Å². The quantitative estimate of drug-likeness (QED) is 0.692. The van der Waals surface area contributed by atoms with Crippen LogP contribution in [0.25, 0.3) is 0 Å². The van der Waals surface area contributed by atoms with Crippen molar-refractivity contribution in [3.63, 3.8) is 0 Å².